The summed E-state index contributed by atoms with van der Waals surface area (Å²) in [4.78, 5) is 40.9. The number of nitrogens with two attached hydrogens (primary N) is 1. The summed E-state index contributed by atoms with van der Waals surface area (Å²) in [7, 11) is 0. The lowest BCUT2D eigenvalue weighted by Gasteiger charge is -2.16. The number of hydrogen-bond donors (Lipinski definition) is 3. The molecular weight excluding hydrogens is 248 g/mol. The third-order valence-corrected chi connectivity index (χ3v) is 3.34. The van der Waals surface area contributed by atoms with Crippen LogP contribution in [0, 0.1) is 5.92 Å². The zero-order chi connectivity index (χ0) is 13.6. The minimum atomic E-state index is -0.466. The summed E-state index contributed by atoms with van der Waals surface area (Å²) in [5.74, 6) is -1.05. The highest BCUT2D eigenvalue weighted by Crippen LogP contribution is 2.26. The van der Waals surface area contributed by atoms with E-state index in [1.54, 1.807) is 18.2 Å². The number of fused-ring (bicyclic) bond motifs is 1. The smallest absolute Gasteiger partial charge is 0.323 e. The van der Waals surface area contributed by atoms with Gasteiger partial charge in [0.05, 0.1) is 17.0 Å². The highest BCUT2D eigenvalue weighted by Gasteiger charge is 2.33. The topological polar surface area (TPSA) is 112 Å². The molecule has 19 heavy (non-hydrogen) atoms. The summed E-state index contributed by atoms with van der Waals surface area (Å²) < 4.78 is 0. The lowest BCUT2D eigenvalue weighted by Crippen LogP contribution is -2.28. The van der Waals surface area contributed by atoms with Gasteiger partial charge in [-0.1, -0.05) is 0 Å². The summed E-state index contributed by atoms with van der Waals surface area (Å²) in [5, 5.41) is 0. The van der Waals surface area contributed by atoms with E-state index in [1.165, 1.54) is 4.90 Å². The molecule has 0 spiro atoms. The third-order valence-electron chi connectivity index (χ3n) is 3.34. The van der Waals surface area contributed by atoms with Crippen molar-refractivity contribution in [1.82, 2.24) is 9.97 Å². The monoisotopic (exact) mass is 260 g/mol. The fourth-order valence-electron chi connectivity index (χ4n) is 2.34. The van der Waals surface area contributed by atoms with E-state index in [1.807, 2.05) is 0 Å². The van der Waals surface area contributed by atoms with Gasteiger partial charge in [0.25, 0.3) is 0 Å². The average molecular weight is 260 g/mol. The summed E-state index contributed by atoms with van der Waals surface area (Å²) in [5.41, 5.74) is 6.87. The molecule has 7 nitrogen and oxygen atoms in total. The van der Waals surface area contributed by atoms with Crippen LogP contribution in [0.25, 0.3) is 11.0 Å². The first-order chi connectivity index (χ1) is 9.04. The first-order valence-corrected chi connectivity index (χ1v) is 5.86. The molecule has 1 unspecified atom stereocenters. The summed E-state index contributed by atoms with van der Waals surface area (Å²) in [6.45, 7) is 0.286. The Labute approximate surface area is 107 Å². The van der Waals surface area contributed by atoms with E-state index in [2.05, 4.69) is 9.97 Å². The number of imidazole rings is 1. The van der Waals surface area contributed by atoms with Crippen LogP contribution in [0.3, 0.4) is 0 Å². The minimum absolute atomic E-state index is 0.136. The molecule has 1 aromatic carbocycles. The zero-order valence-electron chi connectivity index (χ0n) is 9.97. The van der Waals surface area contributed by atoms with E-state index in [0.717, 1.165) is 0 Å². The van der Waals surface area contributed by atoms with Crippen molar-refractivity contribution in [2.75, 3.05) is 11.4 Å². The summed E-state index contributed by atoms with van der Waals surface area (Å²) >= 11 is 0. The van der Waals surface area contributed by atoms with Gasteiger partial charge in [0.1, 0.15) is 0 Å². The zero-order valence-corrected chi connectivity index (χ0v) is 9.97. The molecule has 0 radical (unpaired) electrons. The van der Waals surface area contributed by atoms with E-state index in [0.29, 0.717) is 16.7 Å². The Balaban J connectivity index is 1.98. The van der Waals surface area contributed by atoms with Crippen molar-refractivity contribution in [2.24, 2.45) is 11.7 Å². The van der Waals surface area contributed by atoms with Gasteiger partial charge in [-0.2, -0.15) is 0 Å². The number of aromatic amines is 2. The number of benzene rings is 1. The van der Waals surface area contributed by atoms with Crippen LogP contribution in [-0.2, 0) is 9.59 Å². The van der Waals surface area contributed by atoms with Crippen LogP contribution in [0.1, 0.15) is 6.42 Å². The second kappa shape index (κ2) is 3.98. The number of nitrogens with zero attached hydrogens (tertiary/aromatic N) is 1. The van der Waals surface area contributed by atoms with Gasteiger partial charge in [0.15, 0.2) is 0 Å². The van der Waals surface area contributed by atoms with Crippen molar-refractivity contribution in [3.63, 3.8) is 0 Å². The number of hydrogen-bond acceptors (Lipinski definition) is 3. The molecule has 98 valence electrons. The number of amides is 2. The molecule has 1 aliphatic heterocycles. The molecule has 2 heterocycles. The fraction of sp³-hybridized carbons (Fsp3) is 0.250. The minimum Gasteiger partial charge on any atom is -0.369 e. The molecule has 2 aromatic rings. The third kappa shape index (κ3) is 1.88. The fourth-order valence-corrected chi connectivity index (χ4v) is 2.34. The van der Waals surface area contributed by atoms with Gasteiger partial charge in [-0.3, -0.25) is 9.59 Å². The standard InChI is InChI=1S/C12H12N4O3/c13-11(18)6-3-10(17)16(5-6)7-1-2-8-9(4-7)15-12(19)14-8/h1-2,4,6H,3,5H2,(H2,13,18)(H2,14,15,19). The first kappa shape index (κ1) is 11.5. The molecule has 1 fully saturated rings. The Kier molecular flexibility index (Phi) is 2.41. The molecule has 3 rings (SSSR count). The van der Waals surface area contributed by atoms with Gasteiger partial charge in [-0.05, 0) is 18.2 Å². The van der Waals surface area contributed by atoms with Gasteiger partial charge >= 0.3 is 5.69 Å². The number of primary amides is 1. The van der Waals surface area contributed by atoms with E-state index in [4.69, 9.17) is 5.73 Å². The number of aromatic nitrogens is 2. The number of carbonyl (C=O) groups excluding carboxylic acids is 2. The van der Waals surface area contributed by atoms with E-state index < -0.39 is 11.8 Å². The highest BCUT2D eigenvalue weighted by atomic mass is 16.2. The van der Waals surface area contributed by atoms with Crippen molar-refractivity contribution in [1.29, 1.82) is 0 Å². The number of H-pyrrole nitrogens is 2. The van der Waals surface area contributed by atoms with Gasteiger partial charge in [-0.25, -0.2) is 4.79 Å². The number of carbonyl (C=O) groups is 2. The molecule has 4 N–H and O–H groups in total. The lowest BCUT2D eigenvalue weighted by atomic mass is 10.1. The Morgan fingerprint density at radius 3 is 2.68 bits per heavy atom. The van der Waals surface area contributed by atoms with Crippen molar-refractivity contribution in [3.05, 3.63) is 28.7 Å². The Hall–Kier alpha value is -2.57. The van der Waals surface area contributed by atoms with Crippen LogP contribution in [0.5, 0.6) is 0 Å². The maximum absolute atomic E-state index is 11.9. The second-order valence-corrected chi connectivity index (χ2v) is 4.62. The van der Waals surface area contributed by atoms with Crippen LogP contribution < -0.4 is 16.3 Å². The molecule has 0 bridgehead atoms. The van der Waals surface area contributed by atoms with Crippen LogP contribution in [0.4, 0.5) is 5.69 Å². The largest absolute Gasteiger partial charge is 0.369 e. The maximum Gasteiger partial charge on any atom is 0.323 e. The Morgan fingerprint density at radius 2 is 2.00 bits per heavy atom. The van der Waals surface area contributed by atoms with Crippen LogP contribution in [0.2, 0.25) is 0 Å². The molecule has 2 amide bonds. The first-order valence-electron chi connectivity index (χ1n) is 5.86. The summed E-state index contributed by atoms with van der Waals surface area (Å²) in [6, 6.07) is 5.15. The molecular formula is C12H12N4O3. The van der Waals surface area contributed by atoms with Crippen LogP contribution >= 0.6 is 0 Å². The van der Waals surface area contributed by atoms with Gasteiger partial charge in [0, 0.05) is 18.7 Å². The predicted molar refractivity (Wildman–Crippen MR) is 68.6 cm³/mol. The van der Waals surface area contributed by atoms with Crippen LogP contribution in [0.15, 0.2) is 23.0 Å². The molecule has 0 aliphatic carbocycles. The Bertz CT molecular complexity index is 730. The van der Waals surface area contributed by atoms with Crippen molar-refractivity contribution in [3.8, 4) is 0 Å². The van der Waals surface area contributed by atoms with Crippen LogP contribution in [-0.4, -0.2) is 28.3 Å². The quantitative estimate of drug-likeness (QED) is 0.688. The normalized spacial score (nSPS) is 19.3. The molecule has 1 saturated heterocycles. The van der Waals surface area contributed by atoms with Gasteiger partial charge in [-0.15, -0.1) is 0 Å². The number of anilines is 1. The maximum atomic E-state index is 11.9. The van der Waals surface area contributed by atoms with Crippen molar-refractivity contribution < 1.29 is 9.59 Å². The molecule has 1 aromatic heterocycles. The Morgan fingerprint density at radius 1 is 1.26 bits per heavy atom. The number of nitrogens with one attached hydrogen (secondary N) is 2. The molecule has 1 aliphatic rings. The lowest BCUT2D eigenvalue weighted by molar-refractivity contribution is -0.123. The average Bonchev–Trinajstić information content (AvgIpc) is 2.90. The SMILES string of the molecule is NC(=O)C1CC(=O)N(c2ccc3[nH]c(=O)[nH]c3c2)C1. The summed E-state index contributed by atoms with van der Waals surface area (Å²) in [6.07, 6.45) is 0.136. The highest BCUT2D eigenvalue weighted by molar-refractivity contribution is 6.01. The van der Waals surface area contributed by atoms with E-state index >= 15 is 0 Å². The molecule has 0 saturated carbocycles. The molecule has 7 heteroatoms. The van der Waals surface area contributed by atoms with Crippen molar-refractivity contribution in [2.45, 2.75) is 6.42 Å². The van der Waals surface area contributed by atoms with Crippen molar-refractivity contribution >= 4 is 28.5 Å². The van der Waals surface area contributed by atoms with E-state index in [-0.39, 0.29) is 24.6 Å². The van der Waals surface area contributed by atoms with Gasteiger partial charge in [0.2, 0.25) is 11.8 Å². The second-order valence-electron chi connectivity index (χ2n) is 4.62. The molecule has 1 atom stereocenters. The predicted octanol–water partition coefficient (Wildman–Crippen LogP) is -0.306. The number of rotatable bonds is 2. The van der Waals surface area contributed by atoms with E-state index in [9.17, 15) is 14.4 Å². The van der Waals surface area contributed by atoms with Gasteiger partial charge < -0.3 is 20.6 Å².